The molecule has 1 aliphatic heterocycles. The van der Waals surface area contributed by atoms with E-state index in [1.54, 1.807) is 13.2 Å². The van der Waals surface area contributed by atoms with Crippen molar-refractivity contribution < 1.29 is 14.6 Å². The number of pyridine rings is 1. The number of anilines is 1. The Hall–Kier alpha value is -2.56. The molecule has 5 heteroatoms. The molecular formula is C17H18N2O3. The summed E-state index contributed by atoms with van der Waals surface area (Å²) in [5, 5.41) is 9.10. The van der Waals surface area contributed by atoms with Gasteiger partial charge < -0.3 is 14.7 Å². The Morgan fingerprint density at radius 2 is 2.05 bits per heavy atom. The number of methoxy groups -OCH3 is 1. The lowest BCUT2D eigenvalue weighted by molar-refractivity contribution is 0.0690. The topological polar surface area (TPSA) is 62.7 Å². The maximum atomic E-state index is 11.1. The highest BCUT2D eigenvalue weighted by atomic mass is 16.5. The quantitative estimate of drug-likeness (QED) is 0.939. The molecule has 114 valence electrons. The average Bonchev–Trinajstić information content (AvgIpc) is 3.04. The van der Waals surface area contributed by atoms with Crippen LogP contribution in [0.4, 0.5) is 5.82 Å². The van der Waals surface area contributed by atoms with Crippen LogP contribution in [0.2, 0.25) is 0 Å². The third-order valence-electron chi connectivity index (χ3n) is 4.00. The fourth-order valence-corrected chi connectivity index (χ4v) is 2.92. The molecular weight excluding hydrogens is 280 g/mol. The van der Waals surface area contributed by atoms with Gasteiger partial charge in [-0.2, -0.15) is 0 Å². The third kappa shape index (κ3) is 2.74. The van der Waals surface area contributed by atoms with Crippen molar-refractivity contribution in [2.75, 3.05) is 18.6 Å². The van der Waals surface area contributed by atoms with E-state index in [2.05, 4.69) is 22.0 Å². The SMILES string of the molecule is COc1ccc(C2CCCN2c2cccc(C(=O)O)n2)cc1. The van der Waals surface area contributed by atoms with Gasteiger partial charge in [0.2, 0.25) is 0 Å². The summed E-state index contributed by atoms with van der Waals surface area (Å²) in [6.07, 6.45) is 2.10. The molecule has 1 atom stereocenters. The van der Waals surface area contributed by atoms with Gasteiger partial charge in [0.05, 0.1) is 13.2 Å². The second kappa shape index (κ2) is 6.05. The molecule has 0 spiro atoms. The van der Waals surface area contributed by atoms with Crippen LogP contribution in [0.3, 0.4) is 0 Å². The number of hydrogen-bond acceptors (Lipinski definition) is 4. The number of ether oxygens (including phenoxy) is 1. The van der Waals surface area contributed by atoms with Crippen molar-refractivity contribution >= 4 is 11.8 Å². The van der Waals surface area contributed by atoms with Gasteiger partial charge in [-0.15, -0.1) is 0 Å². The predicted octanol–water partition coefficient (Wildman–Crippen LogP) is 3.13. The number of aromatic nitrogens is 1. The Morgan fingerprint density at radius 3 is 2.73 bits per heavy atom. The maximum Gasteiger partial charge on any atom is 0.354 e. The number of carbonyl (C=O) groups is 1. The maximum absolute atomic E-state index is 11.1. The van der Waals surface area contributed by atoms with E-state index in [4.69, 9.17) is 9.84 Å². The molecule has 22 heavy (non-hydrogen) atoms. The van der Waals surface area contributed by atoms with Crippen LogP contribution in [-0.2, 0) is 0 Å². The lowest BCUT2D eigenvalue weighted by atomic mass is 10.0. The molecule has 2 aromatic rings. The Labute approximate surface area is 129 Å². The molecule has 1 aromatic carbocycles. The lowest BCUT2D eigenvalue weighted by Crippen LogP contribution is -2.24. The predicted molar refractivity (Wildman–Crippen MR) is 83.5 cm³/mol. The van der Waals surface area contributed by atoms with E-state index in [1.807, 2.05) is 18.2 Å². The molecule has 3 rings (SSSR count). The van der Waals surface area contributed by atoms with Crippen LogP contribution in [-0.4, -0.2) is 29.7 Å². The minimum Gasteiger partial charge on any atom is -0.497 e. The minimum atomic E-state index is -0.998. The van der Waals surface area contributed by atoms with E-state index >= 15 is 0 Å². The summed E-state index contributed by atoms with van der Waals surface area (Å²) in [7, 11) is 1.65. The molecule has 1 fully saturated rings. The molecule has 1 aromatic heterocycles. The number of carboxylic acid groups (broad SMARTS) is 1. The molecule has 0 amide bonds. The van der Waals surface area contributed by atoms with E-state index in [9.17, 15) is 4.79 Å². The fraction of sp³-hybridized carbons (Fsp3) is 0.294. The molecule has 5 nitrogen and oxygen atoms in total. The van der Waals surface area contributed by atoms with E-state index < -0.39 is 5.97 Å². The molecule has 0 saturated carbocycles. The van der Waals surface area contributed by atoms with Gasteiger partial charge in [-0.05, 0) is 42.7 Å². The first-order valence-corrected chi connectivity index (χ1v) is 7.30. The summed E-state index contributed by atoms with van der Waals surface area (Å²) in [6.45, 7) is 0.882. The summed E-state index contributed by atoms with van der Waals surface area (Å²) >= 11 is 0. The summed E-state index contributed by atoms with van der Waals surface area (Å²) in [6, 6.07) is 13.4. The van der Waals surface area contributed by atoms with Gasteiger partial charge in [-0.1, -0.05) is 18.2 Å². The van der Waals surface area contributed by atoms with E-state index in [-0.39, 0.29) is 11.7 Å². The second-order valence-corrected chi connectivity index (χ2v) is 5.31. The molecule has 0 radical (unpaired) electrons. The largest absolute Gasteiger partial charge is 0.497 e. The Kier molecular flexibility index (Phi) is 3.96. The minimum absolute atomic E-state index is 0.0814. The molecule has 1 aliphatic rings. The summed E-state index contributed by atoms with van der Waals surface area (Å²) in [4.78, 5) is 17.5. The first-order chi connectivity index (χ1) is 10.7. The van der Waals surface area contributed by atoms with Gasteiger partial charge in [0.25, 0.3) is 0 Å². The average molecular weight is 298 g/mol. The van der Waals surface area contributed by atoms with Crippen LogP contribution < -0.4 is 9.64 Å². The van der Waals surface area contributed by atoms with E-state index in [1.165, 1.54) is 11.6 Å². The third-order valence-corrected chi connectivity index (χ3v) is 4.00. The zero-order chi connectivity index (χ0) is 15.5. The molecule has 2 heterocycles. The molecule has 0 bridgehead atoms. The number of nitrogens with zero attached hydrogens (tertiary/aromatic N) is 2. The van der Waals surface area contributed by atoms with Crippen LogP contribution in [0.1, 0.15) is 34.9 Å². The van der Waals surface area contributed by atoms with Crippen molar-refractivity contribution in [2.45, 2.75) is 18.9 Å². The highest BCUT2D eigenvalue weighted by Gasteiger charge is 2.27. The fourth-order valence-electron chi connectivity index (χ4n) is 2.92. The number of benzene rings is 1. The Morgan fingerprint density at radius 1 is 1.27 bits per heavy atom. The number of carboxylic acids is 1. The highest BCUT2D eigenvalue weighted by Crippen LogP contribution is 2.35. The van der Waals surface area contributed by atoms with Gasteiger partial charge in [0, 0.05) is 6.54 Å². The highest BCUT2D eigenvalue weighted by molar-refractivity contribution is 5.85. The monoisotopic (exact) mass is 298 g/mol. The van der Waals surface area contributed by atoms with Crippen LogP contribution in [0.25, 0.3) is 0 Å². The van der Waals surface area contributed by atoms with Crippen LogP contribution >= 0.6 is 0 Å². The van der Waals surface area contributed by atoms with E-state index in [0.717, 1.165) is 31.0 Å². The van der Waals surface area contributed by atoms with Gasteiger partial charge >= 0.3 is 5.97 Å². The lowest BCUT2D eigenvalue weighted by Gasteiger charge is -2.26. The van der Waals surface area contributed by atoms with Crippen molar-refractivity contribution in [2.24, 2.45) is 0 Å². The van der Waals surface area contributed by atoms with E-state index in [0.29, 0.717) is 0 Å². The summed E-state index contributed by atoms with van der Waals surface area (Å²) in [5.41, 5.74) is 1.28. The van der Waals surface area contributed by atoms with Crippen molar-refractivity contribution in [1.82, 2.24) is 4.98 Å². The Balaban J connectivity index is 1.89. The van der Waals surface area contributed by atoms with Gasteiger partial charge in [-0.3, -0.25) is 0 Å². The van der Waals surface area contributed by atoms with Crippen molar-refractivity contribution in [3.63, 3.8) is 0 Å². The van der Waals surface area contributed by atoms with Gasteiger partial charge in [0.15, 0.2) is 5.69 Å². The zero-order valence-corrected chi connectivity index (χ0v) is 12.4. The smallest absolute Gasteiger partial charge is 0.354 e. The van der Waals surface area contributed by atoms with Gasteiger partial charge in [-0.25, -0.2) is 9.78 Å². The molecule has 1 N–H and O–H groups in total. The zero-order valence-electron chi connectivity index (χ0n) is 12.4. The number of rotatable bonds is 4. The van der Waals surface area contributed by atoms with Crippen molar-refractivity contribution in [1.29, 1.82) is 0 Å². The summed E-state index contributed by atoms with van der Waals surface area (Å²) in [5.74, 6) is 0.555. The van der Waals surface area contributed by atoms with Crippen LogP contribution in [0, 0.1) is 0 Å². The number of aromatic carboxylic acids is 1. The van der Waals surface area contributed by atoms with Gasteiger partial charge in [0.1, 0.15) is 11.6 Å². The normalized spacial score (nSPS) is 17.5. The second-order valence-electron chi connectivity index (χ2n) is 5.31. The molecule has 1 saturated heterocycles. The standard InChI is InChI=1S/C17H18N2O3/c1-22-13-9-7-12(8-10-13)15-5-3-11-19(15)16-6-2-4-14(18-16)17(20)21/h2,4,6-10,15H,3,5,11H2,1H3,(H,20,21). The summed E-state index contributed by atoms with van der Waals surface area (Å²) < 4.78 is 5.19. The first kappa shape index (κ1) is 14.4. The molecule has 1 unspecified atom stereocenters. The van der Waals surface area contributed by atoms with Crippen LogP contribution in [0.15, 0.2) is 42.5 Å². The molecule has 0 aliphatic carbocycles. The number of hydrogen-bond donors (Lipinski definition) is 1. The Bertz CT molecular complexity index is 670. The first-order valence-electron chi connectivity index (χ1n) is 7.30. The van der Waals surface area contributed by atoms with Crippen molar-refractivity contribution in [3.8, 4) is 5.75 Å². The van der Waals surface area contributed by atoms with Crippen molar-refractivity contribution in [3.05, 3.63) is 53.7 Å². The van der Waals surface area contributed by atoms with Crippen LogP contribution in [0.5, 0.6) is 5.75 Å².